The molecular weight excluding hydrogens is 212 g/mol. The Bertz CT molecular complexity index is 190. The van der Waals surface area contributed by atoms with E-state index in [1.807, 2.05) is 11.8 Å². The van der Waals surface area contributed by atoms with Crippen molar-refractivity contribution in [3.05, 3.63) is 0 Å². The van der Waals surface area contributed by atoms with Gasteiger partial charge in [-0.25, -0.2) is 0 Å². The lowest BCUT2D eigenvalue weighted by Gasteiger charge is -2.25. The van der Waals surface area contributed by atoms with E-state index < -0.39 is 5.97 Å². The van der Waals surface area contributed by atoms with Gasteiger partial charge in [-0.15, -0.1) is 0 Å². The predicted octanol–water partition coefficient (Wildman–Crippen LogP) is 2.40. The maximum absolute atomic E-state index is 5.91. The van der Waals surface area contributed by atoms with E-state index in [0.717, 1.165) is 37.4 Å². The van der Waals surface area contributed by atoms with Gasteiger partial charge in [0.2, 0.25) is 0 Å². The zero-order valence-electron chi connectivity index (χ0n) is 9.37. The van der Waals surface area contributed by atoms with E-state index in [1.54, 1.807) is 0 Å². The van der Waals surface area contributed by atoms with Gasteiger partial charge < -0.3 is 14.2 Å². The van der Waals surface area contributed by atoms with Crippen LogP contribution in [0.3, 0.4) is 0 Å². The molecule has 0 saturated carbocycles. The average molecular weight is 232 g/mol. The van der Waals surface area contributed by atoms with Gasteiger partial charge in [0.15, 0.2) is 0 Å². The standard InChI is InChI=1S/C11H20O3S/c1-2-15-9-10-8-13-11(14-10)6-4-3-5-7-12-11/h10H,2-9H2,1H3. The maximum atomic E-state index is 5.91. The Balaban J connectivity index is 1.83. The predicted molar refractivity (Wildman–Crippen MR) is 61.0 cm³/mol. The monoisotopic (exact) mass is 232 g/mol. The molecule has 1 spiro atoms. The number of ether oxygens (including phenoxy) is 3. The van der Waals surface area contributed by atoms with Crippen LogP contribution in [0.25, 0.3) is 0 Å². The molecule has 2 unspecified atom stereocenters. The number of thioether (sulfide) groups is 1. The van der Waals surface area contributed by atoms with Crippen molar-refractivity contribution in [1.29, 1.82) is 0 Å². The minimum absolute atomic E-state index is 0.216. The molecule has 0 bridgehead atoms. The third-order valence-corrected chi connectivity index (χ3v) is 3.81. The first-order chi connectivity index (χ1) is 7.35. The van der Waals surface area contributed by atoms with E-state index in [1.165, 1.54) is 6.42 Å². The molecule has 2 atom stereocenters. The average Bonchev–Trinajstić information content (AvgIpc) is 2.49. The summed E-state index contributed by atoms with van der Waals surface area (Å²) in [7, 11) is 0. The molecule has 0 aromatic carbocycles. The van der Waals surface area contributed by atoms with Crippen molar-refractivity contribution in [2.24, 2.45) is 0 Å². The van der Waals surface area contributed by atoms with Gasteiger partial charge in [0.05, 0.1) is 19.3 Å². The lowest BCUT2D eigenvalue weighted by Crippen LogP contribution is -2.34. The molecule has 0 N–H and O–H groups in total. The van der Waals surface area contributed by atoms with Crippen molar-refractivity contribution >= 4 is 11.8 Å². The number of hydrogen-bond acceptors (Lipinski definition) is 4. The molecule has 2 heterocycles. The second kappa shape index (κ2) is 5.53. The van der Waals surface area contributed by atoms with Gasteiger partial charge in [-0.2, -0.15) is 11.8 Å². The fourth-order valence-corrected chi connectivity index (χ4v) is 2.66. The third-order valence-electron chi connectivity index (χ3n) is 2.79. The van der Waals surface area contributed by atoms with Crippen LogP contribution < -0.4 is 0 Å². The van der Waals surface area contributed by atoms with Crippen molar-refractivity contribution in [2.75, 3.05) is 24.7 Å². The summed E-state index contributed by atoms with van der Waals surface area (Å²) in [6.45, 7) is 3.62. The van der Waals surface area contributed by atoms with Crippen LogP contribution in [0.2, 0.25) is 0 Å². The first-order valence-corrected chi connectivity index (χ1v) is 7.03. The summed E-state index contributed by atoms with van der Waals surface area (Å²) in [5.74, 6) is 1.46. The van der Waals surface area contributed by atoms with E-state index in [-0.39, 0.29) is 6.10 Å². The summed E-state index contributed by atoms with van der Waals surface area (Å²) in [6, 6.07) is 0. The Morgan fingerprint density at radius 2 is 2.20 bits per heavy atom. The molecule has 0 aromatic rings. The van der Waals surface area contributed by atoms with Crippen LogP contribution in [-0.4, -0.2) is 36.8 Å². The van der Waals surface area contributed by atoms with Crippen LogP contribution in [0.1, 0.15) is 32.6 Å². The van der Waals surface area contributed by atoms with Crippen LogP contribution in [0.5, 0.6) is 0 Å². The zero-order valence-corrected chi connectivity index (χ0v) is 10.2. The molecule has 2 fully saturated rings. The van der Waals surface area contributed by atoms with Crippen LogP contribution in [-0.2, 0) is 14.2 Å². The maximum Gasteiger partial charge on any atom is 0.283 e. The van der Waals surface area contributed by atoms with Crippen LogP contribution in [0.15, 0.2) is 0 Å². The molecule has 2 rings (SSSR count). The van der Waals surface area contributed by atoms with Gasteiger partial charge in [-0.3, -0.25) is 0 Å². The molecule has 2 aliphatic rings. The SMILES string of the molecule is CCSCC1COC2(CCCCCO2)O1. The van der Waals surface area contributed by atoms with Crippen molar-refractivity contribution in [2.45, 2.75) is 44.7 Å². The number of rotatable bonds is 3. The topological polar surface area (TPSA) is 27.7 Å². The second-order valence-electron chi connectivity index (χ2n) is 4.05. The molecular formula is C11H20O3S. The fourth-order valence-electron chi connectivity index (χ4n) is 2.00. The van der Waals surface area contributed by atoms with Gasteiger partial charge in [0, 0.05) is 12.2 Å². The summed E-state index contributed by atoms with van der Waals surface area (Å²) in [6.07, 6.45) is 4.60. The van der Waals surface area contributed by atoms with Gasteiger partial charge in [0.25, 0.3) is 5.97 Å². The molecule has 0 aliphatic carbocycles. The quantitative estimate of drug-likeness (QED) is 0.747. The molecule has 0 amide bonds. The van der Waals surface area contributed by atoms with Crippen LogP contribution in [0, 0.1) is 0 Å². The largest absolute Gasteiger partial charge is 0.327 e. The van der Waals surface area contributed by atoms with Crippen molar-refractivity contribution in [3.8, 4) is 0 Å². The molecule has 2 aliphatic heterocycles. The van der Waals surface area contributed by atoms with Gasteiger partial charge in [-0.1, -0.05) is 13.3 Å². The third kappa shape index (κ3) is 3.09. The Labute approximate surface area is 95.8 Å². The van der Waals surface area contributed by atoms with Crippen LogP contribution >= 0.6 is 11.8 Å². The first-order valence-electron chi connectivity index (χ1n) is 5.88. The van der Waals surface area contributed by atoms with E-state index in [9.17, 15) is 0 Å². The Morgan fingerprint density at radius 3 is 3.07 bits per heavy atom. The molecule has 15 heavy (non-hydrogen) atoms. The Kier molecular flexibility index (Phi) is 4.31. The Morgan fingerprint density at radius 1 is 1.27 bits per heavy atom. The lowest BCUT2D eigenvalue weighted by molar-refractivity contribution is -0.335. The normalized spacial score (nSPS) is 37.0. The minimum Gasteiger partial charge on any atom is -0.327 e. The first kappa shape index (κ1) is 11.7. The summed E-state index contributed by atoms with van der Waals surface area (Å²) in [5.41, 5.74) is 0. The summed E-state index contributed by atoms with van der Waals surface area (Å²) in [5, 5.41) is 0. The van der Waals surface area contributed by atoms with Gasteiger partial charge in [0.1, 0.15) is 0 Å². The Hall–Kier alpha value is 0.230. The second-order valence-corrected chi connectivity index (χ2v) is 5.37. The summed E-state index contributed by atoms with van der Waals surface area (Å²) < 4.78 is 17.3. The van der Waals surface area contributed by atoms with Crippen molar-refractivity contribution < 1.29 is 14.2 Å². The van der Waals surface area contributed by atoms with E-state index in [4.69, 9.17) is 14.2 Å². The van der Waals surface area contributed by atoms with E-state index >= 15 is 0 Å². The van der Waals surface area contributed by atoms with E-state index in [0.29, 0.717) is 6.61 Å². The summed E-state index contributed by atoms with van der Waals surface area (Å²) in [4.78, 5) is 0. The van der Waals surface area contributed by atoms with E-state index in [2.05, 4.69) is 6.92 Å². The lowest BCUT2D eigenvalue weighted by atomic mass is 10.2. The van der Waals surface area contributed by atoms with Gasteiger partial charge in [-0.05, 0) is 18.6 Å². The fraction of sp³-hybridized carbons (Fsp3) is 1.00. The molecule has 0 radical (unpaired) electrons. The molecule has 2 saturated heterocycles. The van der Waals surface area contributed by atoms with Crippen LogP contribution in [0.4, 0.5) is 0 Å². The summed E-state index contributed by atoms with van der Waals surface area (Å²) >= 11 is 1.90. The van der Waals surface area contributed by atoms with Crippen molar-refractivity contribution in [3.63, 3.8) is 0 Å². The highest BCUT2D eigenvalue weighted by atomic mass is 32.2. The zero-order chi connectivity index (χ0) is 10.6. The highest BCUT2D eigenvalue weighted by Crippen LogP contribution is 2.33. The van der Waals surface area contributed by atoms with Gasteiger partial charge >= 0.3 is 0 Å². The number of hydrogen-bond donors (Lipinski definition) is 0. The smallest absolute Gasteiger partial charge is 0.283 e. The molecule has 0 aromatic heterocycles. The molecule has 3 nitrogen and oxygen atoms in total. The molecule has 88 valence electrons. The molecule has 4 heteroatoms. The minimum atomic E-state index is -0.685. The van der Waals surface area contributed by atoms with Crippen molar-refractivity contribution in [1.82, 2.24) is 0 Å². The highest BCUT2D eigenvalue weighted by molar-refractivity contribution is 7.99. The highest BCUT2D eigenvalue weighted by Gasteiger charge is 2.43.